The first kappa shape index (κ1) is 13.9. The van der Waals surface area contributed by atoms with Gasteiger partial charge < -0.3 is 0 Å². The van der Waals surface area contributed by atoms with Crippen molar-refractivity contribution >= 4 is 0 Å². The van der Waals surface area contributed by atoms with Crippen LogP contribution in [0.4, 0.5) is 17.6 Å². The van der Waals surface area contributed by atoms with Crippen molar-refractivity contribution in [3.63, 3.8) is 0 Å². The van der Waals surface area contributed by atoms with Crippen molar-refractivity contribution in [1.82, 2.24) is 0 Å². The Morgan fingerprint density at radius 2 is 1.40 bits per heavy atom. The number of hydrogen-bond acceptors (Lipinski definition) is 0. The average molecular weight is 222 g/mol. The second kappa shape index (κ2) is 5.14. The van der Waals surface area contributed by atoms with E-state index in [2.05, 4.69) is 0 Å². The average Bonchev–Trinajstić information content (AvgIpc) is 2.13. The highest BCUT2D eigenvalue weighted by atomic mass is 19.4. The van der Waals surface area contributed by atoms with Crippen LogP contribution in [0.25, 0.3) is 0 Å². The fraction of sp³-hybridized carbons (Fsp3) is 0.455. The van der Waals surface area contributed by atoms with Gasteiger partial charge in [-0.3, -0.25) is 0 Å². The molecule has 0 unspecified atom stereocenters. The minimum Gasteiger partial charge on any atom is -0.207 e. The van der Waals surface area contributed by atoms with Gasteiger partial charge in [0.1, 0.15) is 5.82 Å². The normalized spacial score (nSPS) is 10.7. The van der Waals surface area contributed by atoms with E-state index in [9.17, 15) is 17.6 Å². The molecule has 4 heteroatoms. The van der Waals surface area contributed by atoms with Crippen LogP contribution in [-0.4, -0.2) is 0 Å². The molecule has 0 saturated carbocycles. The van der Waals surface area contributed by atoms with Crippen LogP contribution in [0.2, 0.25) is 0 Å². The smallest absolute Gasteiger partial charge is 0.207 e. The van der Waals surface area contributed by atoms with Crippen molar-refractivity contribution < 1.29 is 17.6 Å². The molecule has 0 fully saturated rings. The highest BCUT2D eigenvalue weighted by molar-refractivity contribution is 5.33. The standard InChI is InChI=1S/C9H8F4.C2H6/c1-5-3-6(2)8(10)4-7(5)9(11,12)13;1-2/h3-4H,1-2H3;1-2H3. The molecule has 0 heterocycles. The maximum Gasteiger partial charge on any atom is 0.416 e. The number of alkyl halides is 3. The Kier molecular flexibility index (Phi) is 4.78. The van der Waals surface area contributed by atoms with Crippen LogP contribution in [-0.2, 0) is 6.18 Å². The fourth-order valence-electron chi connectivity index (χ4n) is 1.13. The van der Waals surface area contributed by atoms with Gasteiger partial charge >= 0.3 is 6.18 Å². The molecular formula is C11H14F4. The number of aryl methyl sites for hydroxylation is 2. The third-order valence-corrected chi connectivity index (χ3v) is 1.81. The quantitative estimate of drug-likeness (QED) is 0.567. The molecule has 0 saturated heterocycles. The summed E-state index contributed by atoms with van der Waals surface area (Å²) in [7, 11) is 0. The van der Waals surface area contributed by atoms with Gasteiger partial charge in [0, 0.05) is 0 Å². The largest absolute Gasteiger partial charge is 0.416 e. The van der Waals surface area contributed by atoms with Crippen LogP contribution in [0.3, 0.4) is 0 Å². The maximum absolute atomic E-state index is 12.8. The van der Waals surface area contributed by atoms with E-state index in [1.807, 2.05) is 13.8 Å². The lowest BCUT2D eigenvalue weighted by molar-refractivity contribution is -0.138. The SMILES string of the molecule is CC.Cc1cc(C)c(C(F)(F)F)cc1F. The van der Waals surface area contributed by atoms with E-state index in [1.54, 1.807) is 0 Å². The van der Waals surface area contributed by atoms with Crippen molar-refractivity contribution in [3.8, 4) is 0 Å². The van der Waals surface area contributed by atoms with Crippen molar-refractivity contribution in [2.24, 2.45) is 0 Å². The van der Waals surface area contributed by atoms with Crippen LogP contribution in [0, 0.1) is 19.7 Å². The second-order valence-electron chi connectivity index (χ2n) is 2.91. The van der Waals surface area contributed by atoms with Gasteiger partial charge in [-0.15, -0.1) is 0 Å². The van der Waals surface area contributed by atoms with Crippen molar-refractivity contribution in [2.45, 2.75) is 33.9 Å². The summed E-state index contributed by atoms with van der Waals surface area (Å²) in [6.07, 6.45) is -4.47. The summed E-state index contributed by atoms with van der Waals surface area (Å²) in [6.45, 7) is 6.75. The molecule has 0 amide bonds. The summed E-state index contributed by atoms with van der Waals surface area (Å²) < 4.78 is 49.4. The molecule has 0 spiro atoms. The minimum atomic E-state index is -4.47. The first-order valence-electron chi connectivity index (χ1n) is 4.66. The molecule has 86 valence electrons. The van der Waals surface area contributed by atoms with Gasteiger partial charge in [-0.25, -0.2) is 4.39 Å². The van der Waals surface area contributed by atoms with Crippen molar-refractivity contribution in [1.29, 1.82) is 0 Å². The topological polar surface area (TPSA) is 0 Å². The van der Waals surface area contributed by atoms with E-state index in [0.717, 1.165) is 0 Å². The Hall–Kier alpha value is -1.06. The molecule has 0 nitrogen and oxygen atoms in total. The van der Waals surface area contributed by atoms with Gasteiger partial charge in [-0.1, -0.05) is 19.9 Å². The first-order valence-corrected chi connectivity index (χ1v) is 4.66. The van der Waals surface area contributed by atoms with Crippen LogP contribution in [0.1, 0.15) is 30.5 Å². The van der Waals surface area contributed by atoms with Gasteiger partial charge in [0.25, 0.3) is 0 Å². The molecule has 1 aromatic carbocycles. The first-order chi connectivity index (χ1) is 6.82. The highest BCUT2D eigenvalue weighted by Gasteiger charge is 2.32. The summed E-state index contributed by atoms with van der Waals surface area (Å²) in [6, 6.07) is 1.73. The van der Waals surface area contributed by atoms with Gasteiger partial charge in [-0.2, -0.15) is 13.2 Å². The Bertz CT molecular complexity index is 326. The van der Waals surface area contributed by atoms with E-state index in [0.29, 0.717) is 6.07 Å². The van der Waals surface area contributed by atoms with E-state index in [1.165, 1.54) is 19.9 Å². The van der Waals surface area contributed by atoms with Crippen LogP contribution in [0.5, 0.6) is 0 Å². The Labute approximate surface area is 86.9 Å². The molecule has 1 aromatic rings. The molecule has 0 aliphatic heterocycles. The van der Waals surface area contributed by atoms with Crippen LogP contribution in [0.15, 0.2) is 12.1 Å². The monoisotopic (exact) mass is 222 g/mol. The number of hydrogen-bond donors (Lipinski definition) is 0. The second-order valence-corrected chi connectivity index (χ2v) is 2.91. The lowest BCUT2D eigenvalue weighted by Gasteiger charge is -2.10. The van der Waals surface area contributed by atoms with Gasteiger partial charge in [-0.05, 0) is 31.0 Å². The molecule has 1 rings (SSSR count). The predicted molar refractivity (Wildman–Crippen MR) is 52.2 cm³/mol. The molecule has 0 aliphatic carbocycles. The van der Waals surface area contributed by atoms with Crippen molar-refractivity contribution in [3.05, 3.63) is 34.6 Å². The Balaban J connectivity index is 0.000000921. The third-order valence-electron chi connectivity index (χ3n) is 1.81. The molecule has 0 atom stereocenters. The highest BCUT2D eigenvalue weighted by Crippen LogP contribution is 2.32. The van der Waals surface area contributed by atoms with E-state index in [4.69, 9.17) is 0 Å². The molecule has 0 bridgehead atoms. The molecule has 0 aliphatic rings. The lowest BCUT2D eigenvalue weighted by atomic mass is 10.1. The summed E-state index contributed by atoms with van der Waals surface area (Å²) in [5.41, 5.74) is -0.632. The third kappa shape index (κ3) is 3.53. The summed E-state index contributed by atoms with van der Waals surface area (Å²) in [4.78, 5) is 0. The molecule has 15 heavy (non-hydrogen) atoms. The number of rotatable bonds is 0. The zero-order chi connectivity index (χ0) is 12.2. The summed E-state index contributed by atoms with van der Waals surface area (Å²) >= 11 is 0. The fourth-order valence-corrected chi connectivity index (χ4v) is 1.13. The number of benzene rings is 1. The Morgan fingerprint density at radius 3 is 1.80 bits per heavy atom. The summed E-state index contributed by atoms with van der Waals surface area (Å²) in [5.74, 6) is -0.821. The summed E-state index contributed by atoms with van der Waals surface area (Å²) in [5, 5.41) is 0. The van der Waals surface area contributed by atoms with Gasteiger partial charge in [0.2, 0.25) is 0 Å². The van der Waals surface area contributed by atoms with E-state index < -0.39 is 17.6 Å². The maximum atomic E-state index is 12.8. The van der Waals surface area contributed by atoms with Crippen molar-refractivity contribution in [2.75, 3.05) is 0 Å². The zero-order valence-electron chi connectivity index (χ0n) is 9.17. The van der Waals surface area contributed by atoms with E-state index in [-0.39, 0.29) is 11.1 Å². The van der Waals surface area contributed by atoms with Crippen LogP contribution >= 0.6 is 0 Å². The zero-order valence-corrected chi connectivity index (χ0v) is 9.17. The molecule has 0 N–H and O–H groups in total. The Morgan fingerprint density at radius 1 is 0.933 bits per heavy atom. The molecule has 0 radical (unpaired) electrons. The van der Waals surface area contributed by atoms with Gasteiger partial charge in [0.05, 0.1) is 5.56 Å². The molecular weight excluding hydrogens is 208 g/mol. The lowest BCUT2D eigenvalue weighted by Crippen LogP contribution is -2.08. The number of halogens is 4. The molecule has 0 aromatic heterocycles. The predicted octanol–water partition coefficient (Wildman–Crippen LogP) is 4.49. The van der Waals surface area contributed by atoms with Gasteiger partial charge in [0.15, 0.2) is 0 Å². The van der Waals surface area contributed by atoms with Crippen LogP contribution < -0.4 is 0 Å². The van der Waals surface area contributed by atoms with E-state index >= 15 is 0 Å². The minimum absolute atomic E-state index is 0.0476.